The second-order valence-corrected chi connectivity index (χ2v) is 1.98. The molecule has 0 aliphatic heterocycles. The molecule has 0 radical (unpaired) electrons. The molecule has 0 aromatic rings. The highest BCUT2D eigenvalue weighted by Gasteiger charge is 2.27. The molecule has 0 bridgehead atoms. The van der Waals surface area contributed by atoms with Gasteiger partial charge in [-0.3, -0.25) is 0 Å². The molecule has 1 nitrogen and oxygen atoms in total. The Labute approximate surface area is 43.0 Å². The molecule has 0 heterocycles. The maximum Gasteiger partial charge on any atom is 0.131 e. The lowest BCUT2D eigenvalue weighted by Crippen LogP contribution is -1.78. The highest BCUT2D eigenvalue weighted by atomic mass is 16.1. The first-order valence-electron chi connectivity index (χ1n) is 2.40. The molecule has 1 aliphatic rings. The lowest BCUT2D eigenvalue weighted by atomic mass is 10.3. The third-order valence-electron chi connectivity index (χ3n) is 1.61. The number of carbonyl (C=O) groups excluding carboxylic acids is 1. The van der Waals surface area contributed by atoms with Gasteiger partial charge in [-0.25, -0.2) is 0 Å². The molecule has 0 saturated heterocycles. The molecule has 0 amide bonds. The molecule has 0 unspecified atom stereocenters. The first-order valence-corrected chi connectivity index (χ1v) is 2.40. The summed E-state index contributed by atoms with van der Waals surface area (Å²) < 4.78 is 0. The Bertz CT molecular complexity index is 121. The minimum atomic E-state index is 0.222. The predicted molar refractivity (Wildman–Crippen MR) is 27.9 cm³/mol. The fourth-order valence-corrected chi connectivity index (χ4v) is 0.708. The van der Waals surface area contributed by atoms with E-state index in [0.717, 1.165) is 6.29 Å². The van der Waals surface area contributed by atoms with Crippen LogP contribution in [0.2, 0.25) is 0 Å². The summed E-state index contributed by atoms with van der Waals surface area (Å²) in [5.41, 5.74) is 2.52. The Morgan fingerprint density at radius 1 is 1.43 bits per heavy atom. The molecule has 1 heteroatoms. The van der Waals surface area contributed by atoms with Crippen molar-refractivity contribution in [2.45, 2.75) is 13.8 Å². The van der Waals surface area contributed by atoms with Gasteiger partial charge in [-0.1, -0.05) is 11.1 Å². The maximum atomic E-state index is 9.95. The molecular formula is C6H8O. The van der Waals surface area contributed by atoms with Crippen molar-refractivity contribution < 1.29 is 4.79 Å². The van der Waals surface area contributed by atoms with E-state index in [-0.39, 0.29) is 5.92 Å². The molecule has 0 fully saturated rings. The van der Waals surface area contributed by atoms with E-state index in [1.165, 1.54) is 11.1 Å². The van der Waals surface area contributed by atoms with Gasteiger partial charge in [-0.05, 0) is 13.8 Å². The first kappa shape index (κ1) is 4.57. The lowest BCUT2D eigenvalue weighted by Gasteiger charge is -1.73. The van der Waals surface area contributed by atoms with E-state index >= 15 is 0 Å². The van der Waals surface area contributed by atoms with Gasteiger partial charge in [0.05, 0.1) is 5.92 Å². The summed E-state index contributed by atoms with van der Waals surface area (Å²) in [4.78, 5) is 9.95. The summed E-state index contributed by atoms with van der Waals surface area (Å²) in [6.45, 7) is 3.99. The summed E-state index contributed by atoms with van der Waals surface area (Å²) in [6.07, 6.45) is 0.991. The van der Waals surface area contributed by atoms with E-state index < -0.39 is 0 Å². The zero-order chi connectivity index (χ0) is 5.44. The Balaban J connectivity index is 2.52. The molecule has 0 atom stereocenters. The predicted octanol–water partition coefficient (Wildman–Crippen LogP) is 1.15. The van der Waals surface area contributed by atoms with Gasteiger partial charge in [-0.15, -0.1) is 0 Å². The van der Waals surface area contributed by atoms with E-state index in [1.807, 2.05) is 13.8 Å². The summed E-state index contributed by atoms with van der Waals surface area (Å²) in [7, 11) is 0. The largest absolute Gasteiger partial charge is 0.302 e. The van der Waals surface area contributed by atoms with Crippen LogP contribution in [0.1, 0.15) is 13.8 Å². The van der Waals surface area contributed by atoms with Crippen LogP contribution in [0.5, 0.6) is 0 Å². The maximum absolute atomic E-state index is 9.95. The number of hydrogen-bond acceptors (Lipinski definition) is 1. The van der Waals surface area contributed by atoms with Crippen LogP contribution in [0, 0.1) is 5.92 Å². The number of rotatable bonds is 1. The van der Waals surface area contributed by atoms with Gasteiger partial charge in [0.15, 0.2) is 0 Å². The van der Waals surface area contributed by atoms with Crippen molar-refractivity contribution in [3.63, 3.8) is 0 Å². The Hall–Kier alpha value is -0.590. The summed E-state index contributed by atoms with van der Waals surface area (Å²) in [6, 6.07) is 0. The zero-order valence-corrected chi connectivity index (χ0v) is 4.56. The average Bonchev–Trinajstić information content (AvgIpc) is 2.17. The summed E-state index contributed by atoms with van der Waals surface area (Å²) >= 11 is 0. The SMILES string of the molecule is CC1=C(C)C1C=O. The number of carbonyl (C=O) groups is 1. The van der Waals surface area contributed by atoms with Crippen LogP contribution in [0.15, 0.2) is 11.1 Å². The third kappa shape index (κ3) is 0.483. The summed E-state index contributed by atoms with van der Waals surface area (Å²) in [5, 5.41) is 0. The average molecular weight is 96.1 g/mol. The fraction of sp³-hybridized carbons (Fsp3) is 0.500. The van der Waals surface area contributed by atoms with Crippen LogP contribution < -0.4 is 0 Å². The van der Waals surface area contributed by atoms with Crippen LogP contribution in [0.3, 0.4) is 0 Å². The molecule has 0 aromatic heterocycles. The van der Waals surface area contributed by atoms with Gasteiger partial charge < -0.3 is 4.79 Å². The van der Waals surface area contributed by atoms with Gasteiger partial charge in [0, 0.05) is 0 Å². The van der Waals surface area contributed by atoms with Crippen LogP contribution in [0.4, 0.5) is 0 Å². The van der Waals surface area contributed by atoms with Crippen molar-refractivity contribution in [1.29, 1.82) is 0 Å². The topological polar surface area (TPSA) is 17.1 Å². The summed E-state index contributed by atoms with van der Waals surface area (Å²) in [5.74, 6) is 0.222. The van der Waals surface area contributed by atoms with Crippen molar-refractivity contribution in [3.8, 4) is 0 Å². The standard InChI is InChI=1S/C6H8O/c1-4-5(2)6(4)3-7/h3,6H,1-2H3. The van der Waals surface area contributed by atoms with E-state index in [4.69, 9.17) is 0 Å². The zero-order valence-electron chi connectivity index (χ0n) is 4.56. The van der Waals surface area contributed by atoms with Crippen molar-refractivity contribution >= 4 is 6.29 Å². The Morgan fingerprint density at radius 3 is 1.86 bits per heavy atom. The number of hydrogen-bond donors (Lipinski definition) is 0. The monoisotopic (exact) mass is 96.1 g/mol. The third-order valence-corrected chi connectivity index (χ3v) is 1.61. The molecule has 38 valence electrons. The van der Waals surface area contributed by atoms with E-state index in [0.29, 0.717) is 0 Å². The normalized spacial score (nSPS) is 20.3. The molecule has 7 heavy (non-hydrogen) atoms. The van der Waals surface area contributed by atoms with Crippen molar-refractivity contribution in [1.82, 2.24) is 0 Å². The molecule has 0 saturated carbocycles. The highest BCUT2D eigenvalue weighted by molar-refractivity contribution is 5.72. The van der Waals surface area contributed by atoms with Gasteiger partial charge in [-0.2, -0.15) is 0 Å². The smallest absolute Gasteiger partial charge is 0.131 e. The van der Waals surface area contributed by atoms with Crippen molar-refractivity contribution in [2.24, 2.45) is 5.92 Å². The van der Waals surface area contributed by atoms with Gasteiger partial charge in [0.1, 0.15) is 6.29 Å². The minimum absolute atomic E-state index is 0.222. The van der Waals surface area contributed by atoms with E-state index in [2.05, 4.69) is 0 Å². The molecular weight excluding hydrogens is 88.1 g/mol. The number of aldehydes is 1. The molecule has 1 aliphatic carbocycles. The Morgan fingerprint density at radius 2 is 1.86 bits per heavy atom. The second kappa shape index (κ2) is 1.19. The van der Waals surface area contributed by atoms with Crippen LogP contribution in [-0.2, 0) is 4.79 Å². The highest BCUT2D eigenvalue weighted by Crippen LogP contribution is 2.35. The van der Waals surface area contributed by atoms with Gasteiger partial charge in [0.25, 0.3) is 0 Å². The van der Waals surface area contributed by atoms with Gasteiger partial charge in [0.2, 0.25) is 0 Å². The van der Waals surface area contributed by atoms with Crippen LogP contribution in [0.25, 0.3) is 0 Å². The number of allylic oxidation sites excluding steroid dienone is 2. The van der Waals surface area contributed by atoms with Crippen molar-refractivity contribution in [3.05, 3.63) is 11.1 Å². The Kier molecular flexibility index (Phi) is 0.775. The molecule has 0 aromatic carbocycles. The molecule has 0 N–H and O–H groups in total. The minimum Gasteiger partial charge on any atom is -0.302 e. The second-order valence-electron chi connectivity index (χ2n) is 1.98. The molecule has 1 rings (SSSR count). The fourth-order valence-electron chi connectivity index (χ4n) is 0.708. The van der Waals surface area contributed by atoms with E-state index in [1.54, 1.807) is 0 Å². The first-order chi connectivity index (χ1) is 3.27. The lowest BCUT2D eigenvalue weighted by molar-refractivity contribution is -0.108. The quantitative estimate of drug-likeness (QED) is 0.353. The van der Waals surface area contributed by atoms with Crippen LogP contribution >= 0.6 is 0 Å². The van der Waals surface area contributed by atoms with E-state index in [9.17, 15) is 4.79 Å². The van der Waals surface area contributed by atoms with Gasteiger partial charge >= 0.3 is 0 Å². The van der Waals surface area contributed by atoms with Crippen LogP contribution in [-0.4, -0.2) is 6.29 Å². The molecule has 0 spiro atoms. The van der Waals surface area contributed by atoms with Crippen molar-refractivity contribution in [2.75, 3.05) is 0 Å².